The molecular formula is C20H25N3O5S. The van der Waals surface area contributed by atoms with E-state index in [1.165, 1.54) is 31.4 Å². The number of methoxy groups -OCH3 is 1. The fourth-order valence-electron chi connectivity index (χ4n) is 2.97. The van der Waals surface area contributed by atoms with Crippen LogP contribution in [-0.2, 0) is 14.8 Å². The number of sulfonamides is 1. The molecule has 3 rings (SSSR count). The lowest BCUT2D eigenvalue weighted by Gasteiger charge is -2.26. The van der Waals surface area contributed by atoms with E-state index < -0.39 is 10.0 Å². The molecule has 0 aromatic heterocycles. The van der Waals surface area contributed by atoms with Crippen molar-refractivity contribution in [2.75, 3.05) is 51.2 Å². The molecule has 1 heterocycles. The highest BCUT2D eigenvalue weighted by molar-refractivity contribution is 7.92. The lowest BCUT2D eigenvalue weighted by Crippen LogP contribution is -2.41. The first-order valence-corrected chi connectivity index (χ1v) is 10.8. The van der Waals surface area contributed by atoms with E-state index >= 15 is 0 Å². The highest BCUT2D eigenvalue weighted by atomic mass is 32.2. The quantitative estimate of drug-likeness (QED) is 0.674. The smallest absolute Gasteiger partial charge is 0.262 e. The molecule has 1 saturated heterocycles. The zero-order valence-electron chi connectivity index (χ0n) is 16.3. The lowest BCUT2D eigenvalue weighted by molar-refractivity contribution is 0.0383. The third-order valence-electron chi connectivity index (χ3n) is 4.60. The minimum Gasteiger partial charge on any atom is -0.495 e. The van der Waals surface area contributed by atoms with Crippen molar-refractivity contribution < 1.29 is 22.7 Å². The average molecular weight is 420 g/mol. The molecule has 29 heavy (non-hydrogen) atoms. The molecule has 0 atom stereocenters. The van der Waals surface area contributed by atoms with Crippen LogP contribution in [0, 0.1) is 0 Å². The van der Waals surface area contributed by atoms with E-state index in [0.717, 1.165) is 19.6 Å². The first kappa shape index (κ1) is 21.1. The van der Waals surface area contributed by atoms with Crippen LogP contribution in [0.25, 0.3) is 0 Å². The summed E-state index contributed by atoms with van der Waals surface area (Å²) in [5.74, 6) is 0.187. The number of hydrogen-bond acceptors (Lipinski definition) is 6. The van der Waals surface area contributed by atoms with E-state index in [4.69, 9.17) is 9.47 Å². The summed E-state index contributed by atoms with van der Waals surface area (Å²) in [6, 6.07) is 12.6. The second kappa shape index (κ2) is 9.73. The molecule has 1 aliphatic heterocycles. The molecule has 1 aliphatic rings. The number of para-hydroxylation sites is 2. The molecule has 8 nitrogen and oxygen atoms in total. The molecule has 0 aliphatic carbocycles. The van der Waals surface area contributed by atoms with Gasteiger partial charge in [0.05, 0.1) is 30.9 Å². The highest BCUT2D eigenvalue weighted by Crippen LogP contribution is 2.26. The van der Waals surface area contributed by atoms with Crippen molar-refractivity contribution in [2.45, 2.75) is 4.90 Å². The number of carbonyl (C=O) groups excluding carboxylic acids is 1. The predicted octanol–water partition coefficient (Wildman–Crippen LogP) is 1.56. The summed E-state index contributed by atoms with van der Waals surface area (Å²) in [5, 5.41) is 2.86. The number of nitrogens with one attached hydrogen (secondary N) is 2. The Morgan fingerprint density at radius 1 is 1.10 bits per heavy atom. The minimum absolute atomic E-state index is 0.0632. The fraction of sp³-hybridized carbons (Fsp3) is 0.350. The first-order chi connectivity index (χ1) is 14.0. The van der Waals surface area contributed by atoms with Crippen LogP contribution in [-0.4, -0.2) is 65.7 Å². The van der Waals surface area contributed by atoms with Crippen LogP contribution in [0.5, 0.6) is 5.75 Å². The molecule has 0 spiro atoms. The van der Waals surface area contributed by atoms with Gasteiger partial charge in [-0.1, -0.05) is 12.1 Å². The molecule has 1 fully saturated rings. The van der Waals surface area contributed by atoms with E-state index in [2.05, 4.69) is 14.9 Å². The Hall–Kier alpha value is -2.62. The third kappa shape index (κ3) is 5.69. The van der Waals surface area contributed by atoms with Crippen molar-refractivity contribution in [2.24, 2.45) is 0 Å². The molecule has 9 heteroatoms. The van der Waals surface area contributed by atoms with Crippen molar-refractivity contribution in [3.8, 4) is 5.75 Å². The summed E-state index contributed by atoms with van der Waals surface area (Å²) in [5.41, 5.74) is 0.753. The fourth-order valence-corrected chi connectivity index (χ4v) is 4.04. The van der Waals surface area contributed by atoms with Crippen LogP contribution in [0.4, 0.5) is 5.69 Å². The Morgan fingerprint density at radius 3 is 2.48 bits per heavy atom. The van der Waals surface area contributed by atoms with Gasteiger partial charge in [0.1, 0.15) is 5.75 Å². The molecule has 2 aromatic carbocycles. The second-order valence-corrected chi connectivity index (χ2v) is 8.22. The van der Waals surface area contributed by atoms with Crippen LogP contribution in [0.3, 0.4) is 0 Å². The van der Waals surface area contributed by atoms with E-state index in [0.29, 0.717) is 36.8 Å². The van der Waals surface area contributed by atoms with Gasteiger partial charge in [-0.2, -0.15) is 0 Å². The Kier molecular flexibility index (Phi) is 7.08. The summed E-state index contributed by atoms with van der Waals surface area (Å²) in [6.07, 6.45) is 0. The van der Waals surface area contributed by atoms with Crippen molar-refractivity contribution in [3.05, 3.63) is 54.1 Å². The summed E-state index contributed by atoms with van der Waals surface area (Å²) in [4.78, 5) is 14.6. The van der Waals surface area contributed by atoms with Crippen molar-refractivity contribution in [1.29, 1.82) is 0 Å². The van der Waals surface area contributed by atoms with Gasteiger partial charge in [0.25, 0.3) is 15.9 Å². The first-order valence-electron chi connectivity index (χ1n) is 9.34. The van der Waals surface area contributed by atoms with Gasteiger partial charge >= 0.3 is 0 Å². The van der Waals surface area contributed by atoms with Crippen LogP contribution < -0.4 is 14.8 Å². The molecule has 2 aromatic rings. The Bertz CT molecular complexity index is 925. The predicted molar refractivity (Wildman–Crippen MR) is 110 cm³/mol. The van der Waals surface area contributed by atoms with Gasteiger partial charge in [-0.25, -0.2) is 8.42 Å². The summed E-state index contributed by atoms with van der Waals surface area (Å²) in [7, 11) is -2.33. The molecule has 2 N–H and O–H groups in total. The minimum atomic E-state index is -3.80. The van der Waals surface area contributed by atoms with Crippen LogP contribution in [0.15, 0.2) is 53.4 Å². The number of morpholine rings is 1. The monoisotopic (exact) mass is 419 g/mol. The number of amides is 1. The SMILES string of the molecule is COc1ccccc1NS(=O)(=O)c1ccc(C(=O)NCCN2CCOCC2)cc1. The van der Waals surface area contributed by atoms with E-state index in [-0.39, 0.29) is 10.8 Å². The normalized spacial score (nSPS) is 14.9. The van der Waals surface area contributed by atoms with E-state index in [1.807, 2.05) is 0 Å². The molecule has 1 amide bonds. The number of rotatable bonds is 8. The lowest BCUT2D eigenvalue weighted by atomic mass is 10.2. The van der Waals surface area contributed by atoms with Crippen molar-refractivity contribution in [3.63, 3.8) is 0 Å². The van der Waals surface area contributed by atoms with E-state index in [1.54, 1.807) is 24.3 Å². The maximum Gasteiger partial charge on any atom is 0.262 e. The Labute approximate surface area is 170 Å². The van der Waals surface area contributed by atoms with Gasteiger partial charge in [-0.05, 0) is 36.4 Å². The van der Waals surface area contributed by atoms with Crippen LogP contribution >= 0.6 is 0 Å². The van der Waals surface area contributed by atoms with Gasteiger partial charge < -0.3 is 14.8 Å². The van der Waals surface area contributed by atoms with Crippen molar-refractivity contribution in [1.82, 2.24) is 10.2 Å². The van der Waals surface area contributed by atoms with Crippen LogP contribution in [0.1, 0.15) is 10.4 Å². The van der Waals surface area contributed by atoms with E-state index in [9.17, 15) is 13.2 Å². The zero-order valence-corrected chi connectivity index (χ0v) is 17.1. The number of ether oxygens (including phenoxy) is 2. The molecular weight excluding hydrogens is 394 g/mol. The largest absolute Gasteiger partial charge is 0.495 e. The topological polar surface area (TPSA) is 97.0 Å². The standard InChI is InChI=1S/C20H25N3O5S/c1-27-19-5-3-2-4-18(19)22-29(25,26)17-8-6-16(7-9-17)20(24)21-10-11-23-12-14-28-15-13-23/h2-9,22H,10-15H2,1H3,(H,21,24). The Balaban J connectivity index is 1.58. The van der Waals surface area contributed by atoms with Crippen LogP contribution in [0.2, 0.25) is 0 Å². The maximum absolute atomic E-state index is 12.6. The number of carbonyl (C=O) groups is 1. The molecule has 0 bridgehead atoms. The molecule has 0 radical (unpaired) electrons. The number of benzene rings is 2. The maximum atomic E-state index is 12.6. The zero-order chi connectivity index (χ0) is 20.7. The van der Waals surface area contributed by atoms with Gasteiger partial charge in [-0.3, -0.25) is 14.4 Å². The summed E-state index contributed by atoms with van der Waals surface area (Å²) in [6.45, 7) is 4.43. The van der Waals surface area contributed by atoms with Gasteiger partial charge in [0, 0.05) is 31.7 Å². The third-order valence-corrected chi connectivity index (χ3v) is 5.98. The molecule has 156 valence electrons. The molecule has 0 unspecified atom stereocenters. The number of hydrogen-bond donors (Lipinski definition) is 2. The van der Waals surface area contributed by atoms with Gasteiger partial charge in [0.2, 0.25) is 0 Å². The summed E-state index contributed by atoms with van der Waals surface area (Å²) < 4.78 is 38.2. The Morgan fingerprint density at radius 2 is 1.79 bits per heavy atom. The number of nitrogens with zero attached hydrogens (tertiary/aromatic N) is 1. The van der Waals surface area contributed by atoms with Gasteiger partial charge in [-0.15, -0.1) is 0 Å². The number of anilines is 1. The highest BCUT2D eigenvalue weighted by Gasteiger charge is 2.17. The van der Waals surface area contributed by atoms with Crippen molar-refractivity contribution >= 4 is 21.6 Å². The second-order valence-electron chi connectivity index (χ2n) is 6.54. The molecule has 0 saturated carbocycles. The summed E-state index contributed by atoms with van der Waals surface area (Å²) >= 11 is 0. The average Bonchev–Trinajstić information content (AvgIpc) is 2.74. The van der Waals surface area contributed by atoms with Gasteiger partial charge in [0.15, 0.2) is 0 Å².